The number of hydrogen-bond acceptors (Lipinski definition) is 2. The van der Waals surface area contributed by atoms with Crippen LogP contribution in [0.5, 0.6) is 0 Å². The number of hydrogen-bond donors (Lipinski definition) is 0. The highest BCUT2D eigenvalue weighted by Gasteiger charge is 2.51. The maximum atomic E-state index is 5.32. The Balaban J connectivity index is 1.11. The Morgan fingerprint density at radius 2 is 0.945 bits per heavy atom. The van der Waals surface area contributed by atoms with Crippen LogP contribution in [0.3, 0.4) is 0 Å². The van der Waals surface area contributed by atoms with Crippen LogP contribution in [0.4, 0.5) is 0 Å². The molecule has 0 saturated heterocycles. The molecule has 5 heteroatoms. The zero-order valence-electron chi connectivity index (χ0n) is 29.5. The van der Waals surface area contributed by atoms with E-state index in [-0.39, 0.29) is 0 Å². The molecular weight excluding hydrogens is 689 g/mol. The third-order valence-electron chi connectivity index (χ3n) is 12.1. The lowest BCUT2D eigenvalue weighted by atomic mass is 9.79. The van der Waals surface area contributed by atoms with Crippen molar-refractivity contribution in [2.45, 2.75) is 15.6 Å². The van der Waals surface area contributed by atoms with E-state index in [1.807, 2.05) is 0 Å². The lowest BCUT2D eigenvalue weighted by molar-refractivity contribution is 0.484. The van der Waals surface area contributed by atoms with E-state index in [2.05, 4.69) is 196 Å². The Labute approximate surface area is 320 Å². The van der Waals surface area contributed by atoms with Crippen molar-refractivity contribution in [3.05, 3.63) is 199 Å². The van der Waals surface area contributed by atoms with Crippen LogP contribution in [-0.4, -0.2) is 18.7 Å². The molecule has 11 aromatic rings. The maximum Gasteiger partial charge on any atom is 0.175 e. The molecular formula is C50H30N4S. The Morgan fingerprint density at radius 3 is 1.62 bits per heavy atom. The normalized spacial score (nSPS) is 13.9. The highest BCUT2D eigenvalue weighted by atomic mass is 32.2. The van der Waals surface area contributed by atoms with Crippen LogP contribution >= 0.6 is 11.8 Å². The van der Waals surface area contributed by atoms with E-state index in [1.165, 1.54) is 82.0 Å². The topological polar surface area (TPSA) is 27.7 Å². The van der Waals surface area contributed by atoms with Crippen LogP contribution in [-0.2, 0) is 5.54 Å². The van der Waals surface area contributed by atoms with Gasteiger partial charge in [0.15, 0.2) is 5.16 Å². The maximum absolute atomic E-state index is 5.32. The first kappa shape index (κ1) is 29.6. The van der Waals surface area contributed by atoms with Crippen LogP contribution in [0.25, 0.3) is 77.1 Å². The molecule has 4 nitrogen and oxygen atoms in total. The van der Waals surface area contributed by atoms with Gasteiger partial charge in [-0.2, -0.15) is 0 Å². The third kappa shape index (κ3) is 3.71. The van der Waals surface area contributed by atoms with Gasteiger partial charge in [-0.3, -0.25) is 4.57 Å². The summed E-state index contributed by atoms with van der Waals surface area (Å²) in [7, 11) is 0. The molecule has 0 fully saturated rings. The van der Waals surface area contributed by atoms with Crippen LogP contribution in [0, 0.1) is 0 Å². The van der Waals surface area contributed by atoms with Gasteiger partial charge in [-0.05, 0) is 82.9 Å². The van der Waals surface area contributed by atoms with Gasteiger partial charge < -0.3 is 9.13 Å². The fourth-order valence-electron chi connectivity index (χ4n) is 9.96. The molecule has 0 bridgehead atoms. The molecule has 256 valence electrons. The summed E-state index contributed by atoms with van der Waals surface area (Å²) in [4.78, 5) is 6.54. The zero-order chi connectivity index (χ0) is 35.8. The van der Waals surface area contributed by atoms with Crippen molar-refractivity contribution in [3.63, 3.8) is 0 Å². The molecule has 0 N–H and O–H groups in total. The van der Waals surface area contributed by atoms with E-state index in [1.54, 1.807) is 11.8 Å². The van der Waals surface area contributed by atoms with Crippen molar-refractivity contribution in [3.8, 4) is 22.5 Å². The zero-order valence-corrected chi connectivity index (χ0v) is 30.3. The number of nitrogens with zero attached hydrogens (tertiary/aromatic N) is 4. The molecule has 4 heterocycles. The molecule has 0 saturated carbocycles. The molecule has 3 aromatic heterocycles. The first-order valence-corrected chi connectivity index (χ1v) is 19.6. The number of fused-ring (bicyclic) bond motifs is 17. The number of benzene rings is 8. The lowest BCUT2D eigenvalue weighted by Crippen LogP contribution is -2.38. The summed E-state index contributed by atoms with van der Waals surface area (Å²) in [6.45, 7) is 0. The Bertz CT molecular complexity index is 3370. The van der Waals surface area contributed by atoms with Crippen LogP contribution in [0.2, 0.25) is 0 Å². The largest absolute Gasteiger partial charge is 0.309 e. The fraction of sp³-hybridized carbons (Fsp3) is 0.0200. The molecule has 2 aliphatic rings. The third-order valence-corrected chi connectivity index (χ3v) is 13.1. The van der Waals surface area contributed by atoms with Gasteiger partial charge >= 0.3 is 0 Å². The lowest BCUT2D eigenvalue weighted by Gasteiger charge is -2.40. The summed E-state index contributed by atoms with van der Waals surface area (Å²) < 4.78 is 7.40. The highest BCUT2D eigenvalue weighted by molar-refractivity contribution is 7.99. The van der Waals surface area contributed by atoms with Crippen LogP contribution in [0.1, 0.15) is 16.7 Å². The van der Waals surface area contributed by atoms with E-state index in [4.69, 9.17) is 4.98 Å². The minimum absolute atomic E-state index is 0.565. The van der Waals surface area contributed by atoms with E-state index in [9.17, 15) is 0 Å². The second-order valence-corrected chi connectivity index (χ2v) is 15.7. The molecule has 0 radical (unpaired) electrons. The first-order chi connectivity index (χ1) is 27.3. The van der Waals surface area contributed by atoms with Crippen molar-refractivity contribution >= 4 is 66.4 Å². The van der Waals surface area contributed by atoms with Gasteiger partial charge in [-0.1, -0.05) is 133 Å². The van der Waals surface area contributed by atoms with Gasteiger partial charge in [0.05, 0.1) is 33.1 Å². The molecule has 0 amide bonds. The minimum atomic E-state index is -0.565. The summed E-state index contributed by atoms with van der Waals surface area (Å²) in [6.07, 6.45) is 0. The number of rotatable bonds is 2. The van der Waals surface area contributed by atoms with Crippen molar-refractivity contribution in [1.82, 2.24) is 18.7 Å². The minimum Gasteiger partial charge on any atom is -0.309 e. The van der Waals surface area contributed by atoms with Crippen molar-refractivity contribution in [2.24, 2.45) is 0 Å². The summed E-state index contributed by atoms with van der Waals surface area (Å²) in [5, 5.41) is 5.99. The monoisotopic (exact) mass is 718 g/mol. The van der Waals surface area contributed by atoms with Crippen molar-refractivity contribution in [2.75, 3.05) is 0 Å². The number of para-hydroxylation sites is 5. The molecule has 1 spiro atoms. The van der Waals surface area contributed by atoms with Gasteiger partial charge in [0, 0.05) is 43.4 Å². The van der Waals surface area contributed by atoms with Gasteiger partial charge in [0.2, 0.25) is 0 Å². The second kappa shape index (κ2) is 10.7. The molecule has 8 aromatic carbocycles. The quantitative estimate of drug-likeness (QED) is 0.178. The summed E-state index contributed by atoms with van der Waals surface area (Å²) >= 11 is 1.78. The highest BCUT2D eigenvalue weighted by Crippen LogP contribution is 2.60. The fourth-order valence-corrected chi connectivity index (χ4v) is 11.1. The predicted molar refractivity (Wildman–Crippen MR) is 226 cm³/mol. The van der Waals surface area contributed by atoms with Gasteiger partial charge in [-0.15, -0.1) is 0 Å². The molecule has 55 heavy (non-hydrogen) atoms. The van der Waals surface area contributed by atoms with E-state index < -0.39 is 5.54 Å². The Hall–Kier alpha value is -6.82. The van der Waals surface area contributed by atoms with Crippen LogP contribution in [0.15, 0.2) is 192 Å². The molecule has 0 atom stereocenters. The second-order valence-electron chi connectivity index (χ2n) is 14.7. The Morgan fingerprint density at radius 1 is 0.400 bits per heavy atom. The Kier molecular flexibility index (Phi) is 5.74. The van der Waals surface area contributed by atoms with E-state index in [0.29, 0.717) is 0 Å². The summed E-state index contributed by atoms with van der Waals surface area (Å²) in [5.74, 6) is 0. The SMILES string of the molecule is c1ccc(-n2c3ccccc3c3cc4c(cc32)c2ccccc2n4-c2ccc3c(c2)Sc2nc4ccccc4n2C32c3ccccc3-c3ccccc32)cc1. The van der Waals surface area contributed by atoms with Crippen LogP contribution < -0.4 is 0 Å². The molecule has 13 rings (SSSR count). The smallest absolute Gasteiger partial charge is 0.175 e. The average molecular weight is 719 g/mol. The van der Waals surface area contributed by atoms with Gasteiger partial charge in [-0.25, -0.2) is 4.98 Å². The predicted octanol–water partition coefficient (Wildman–Crippen LogP) is 12.5. The average Bonchev–Trinajstić information content (AvgIpc) is 3.96. The molecule has 1 aliphatic heterocycles. The number of aromatic nitrogens is 4. The van der Waals surface area contributed by atoms with E-state index >= 15 is 0 Å². The van der Waals surface area contributed by atoms with Crippen molar-refractivity contribution in [1.29, 1.82) is 0 Å². The molecule has 0 unspecified atom stereocenters. The first-order valence-electron chi connectivity index (χ1n) is 18.8. The van der Waals surface area contributed by atoms with E-state index in [0.717, 1.165) is 21.9 Å². The molecule has 1 aliphatic carbocycles. The van der Waals surface area contributed by atoms with Gasteiger partial charge in [0.1, 0.15) is 5.54 Å². The number of imidazole rings is 1. The summed E-state index contributed by atoms with van der Waals surface area (Å²) in [6, 6.07) is 66.9. The standard InChI is InChI=1S/C50H30N4S/c1-2-14-31(15-3-1)52-43-23-11-6-18-35(43)37-30-47-38(29-46(37)52)36-19-7-12-24-44(36)53(47)32-26-27-41-48(28-32)55-49-51-42-22-10-13-25-45(42)54(49)50(41)39-20-8-4-16-33(39)34-17-5-9-21-40(34)50/h1-30H. The summed E-state index contributed by atoms with van der Waals surface area (Å²) in [5.41, 5.74) is 15.2. The van der Waals surface area contributed by atoms with Crippen molar-refractivity contribution < 1.29 is 0 Å². The van der Waals surface area contributed by atoms with Gasteiger partial charge in [0.25, 0.3) is 0 Å².